The van der Waals surface area contributed by atoms with Gasteiger partial charge in [-0.05, 0) is 87.8 Å². The Bertz CT molecular complexity index is 867. The van der Waals surface area contributed by atoms with Gasteiger partial charge in [0.2, 0.25) is 5.91 Å². The van der Waals surface area contributed by atoms with Gasteiger partial charge in [-0.2, -0.15) is 0 Å². The summed E-state index contributed by atoms with van der Waals surface area (Å²) < 4.78 is 0. The van der Waals surface area contributed by atoms with Gasteiger partial charge in [-0.15, -0.1) is 0 Å². The van der Waals surface area contributed by atoms with Gasteiger partial charge < -0.3 is 10.2 Å². The molecule has 1 N–H and O–H groups in total. The summed E-state index contributed by atoms with van der Waals surface area (Å²) in [5.74, 6) is 1.03. The minimum Gasteiger partial charge on any atom is -0.305 e. The van der Waals surface area contributed by atoms with Crippen LogP contribution in [0.1, 0.15) is 56.1 Å². The second-order valence-electron chi connectivity index (χ2n) is 8.91. The lowest BCUT2D eigenvalue weighted by Crippen LogP contribution is -2.31. The summed E-state index contributed by atoms with van der Waals surface area (Å²) in [6.07, 6.45) is 9.47. The maximum absolute atomic E-state index is 12.6. The molecule has 34 heavy (non-hydrogen) atoms. The van der Waals surface area contributed by atoms with E-state index in [0.29, 0.717) is 6.42 Å². The molecular weight excluding hydrogens is 462 g/mol. The highest BCUT2D eigenvalue weighted by atomic mass is 35.5. The maximum Gasteiger partial charge on any atom is 0.226 e. The molecule has 0 aliphatic carbocycles. The summed E-state index contributed by atoms with van der Waals surface area (Å²) in [5.41, 5.74) is 2.49. The number of rotatable bonds is 12. The van der Waals surface area contributed by atoms with Crippen LogP contribution in [0.15, 0.2) is 59.6 Å². The lowest BCUT2D eigenvalue weighted by Gasteiger charge is -2.26. The number of carbonyl (C=O) groups excluding carboxylic acids is 1. The van der Waals surface area contributed by atoms with Crippen LogP contribution < -0.4 is 5.32 Å². The van der Waals surface area contributed by atoms with E-state index in [1.807, 2.05) is 30.3 Å². The molecule has 4 nitrogen and oxygen atoms in total. The zero-order valence-corrected chi connectivity index (χ0v) is 21.8. The number of thioether (sulfide) groups is 1. The number of amides is 1. The first-order valence-electron chi connectivity index (χ1n) is 12.7. The van der Waals surface area contributed by atoms with Crippen LogP contribution in [-0.4, -0.2) is 47.9 Å². The Balaban J connectivity index is 1.42. The number of amidine groups is 1. The van der Waals surface area contributed by atoms with Crippen LogP contribution in [0, 0.1) is 0 Å². The molecule has 2 aromatic rings. The number of aliphatic imine (C=N–C) groups is 1. The van der Waals surface area contributed by atoms with E-state index >= 15 is 0 Å². The van der Waals surface area contributed by atoms with Crippen molar-refractivity contribution in [3.63, 3.8) is 0 Å². The molecule has 0 atom stereocenters. The van der Waals surface area contributed by atoms with Crippen molar-refractivity contribution in [1.29, 1.82) is 0 Å². The Hall–Kier alpha value is -1.82. The number of carbonyl (C=O) groups is 1. The Kier molecular flexibility index (Phi) is 12.6. The fraction of sp³-hybridized carbons (Fsp3) is 0.500. The molecule has 6 heteroatoms. The monoisotopic (exact) mass is 499 g/mol. The summed E-state index contributed by atoms with van der Waals surface area (Å²) in [4.78, 5) is 19.9. The van der Waals surface area contributed by atoms with Crippen molar-refractivity contribution in [2.24, 2.45) is 4.99 Å². The quantitative estimate of drug-likeness (QED) is 0.209. The molecule has 0 bridgehead atoms. The normalized spacial score (nSPS) is 14.8. The third-order valence-corrected chi connectivity index (χ3v) is 7.33. The van der Waals surface area contributed by atoms with Crippen LogP contribution in [0.4, 0.5) is 0 Å². The first kappa shape index (κ1) is 26.8. The molecule has 3 rings (SSSR count). The van der Waals surface area contributed by atoms with Gasteiger partial charge in [-0.1, -0.05) is 72.2 Å². The summed E-state index contributed by atoms with van der Waals surface area (Å²) in [7, 11) is 0. The Morgan fingerprint density at radius 1 is 0.912 bits per heavy atom. The average molecular weight is 500 g/mol. The zero-order chi connectivity index (χ0) is 23.8. The standard InChI is InChI=1S/C28H38ClN3OS/c29-26-16-13-25(14-17-26)12-5-6-19-30-28(34-23-9-22-32-20-7-2-8-21-32)31-27(33)18-15-24-10-3-1-4-11-24/h1,3-4,10-11,13-14,16-17H,2,5-9,12,15,18-23H2,(H,30,31,33). The number of hydrogen-bond donors (Lipinski definition) is 1. The minimum atomic E-state index is 0.0484. The van der Waals surface area contributed by atoms with Gasteiger partial charge in [0.05, 0.1) is 0 Å². The number of piperidine rings is 1. The molecule has 184 valence electrons. The van der Waals surface area contributed by atoms with Crippen molar-refractivity contribution in [3.05, 3.63) is 70.7 Å². The molecule has 0 aromatic heterocycles. The minimum absolute atomic E-state index is 0.0484. The Labute approximate surface area is 214 Å². The Morgan fingerprint density at radius 3 is 2.41 bits per heavy atom. The largest absolute Gasteiger partial charge is 0.305 e. The molecule has 2 aromatic carbocycles. The molecule has 1 fully saturated rings. The third-order valence-electron chi connectivity index (χ3n) is 6.08. The third kappa shape index (κ3) is 11.1. The molecule has 0 unspecified atom stereocenters. The predicted molar refractivity (Wildman–Crippen MR) is 147 cm³/mol. The summed E-state index contributed by atoms with van der Waals surface area (Å²) in [6, 6.07) is 18.2. The molecule has 1 aliphatic rings. The number of benzene rings is 2. The number of aryl methyl sites for hydroxylation is 2. The predicted octanol–water partition coefficient (Wildman–Crippen LogP) is 6.38. The van der Waals surface area contributed by atoms with Gasteiger partial charge >= 0.3 is 0 Å². The van der Waals surface area contributed by atoms with E-state index in [0.717, 1.165) is 61.1 Å². The van der Waals surface area contributed by atoms with Crippen LogP contribution in [-0.2, 0) is 17.6 Å². The molecule has 0 radical (unpaired) electrons. The summed E-state index contributed by atoms with van der Waals surface area (Å²) in [5, 5.41) is 4.64. The molecule has 1 heterocycles. The van der Waals surface area contributed by atoms with Gasteiger partial charge in [0.15, 0.2) is 5.17 Å². The zero-order valence-electron chi connectivity index (χ0n) is 20.2. The number of likely N-dealkylation sites (tertiary alicyclic amines) is 1. The first-order valence-corrected chi connectivity index (χ1v) is 14.0. The maximum atomic E-state index is 12.6. The number of nitrogens with zero attached hydrogens (tertiary/aromatic N) is 2. The van der Waals surface area contributed by atoms with E-state index in [-0.39, 0.29) is 5.91 Å². The van der Waals surface area contributed by atoms with Gasteiger partial charge in [-0.3, -0.25) is 9.79 Å². The van der Waals surface area contributed by atoms with Crippen molar-refractivity contribution >= 4 is 34.4 Å². The Morgan fingerprint density at radius 2 is 1.65 bits per heavy atom. The van der Waals surface area contributed by atoms with Crippen LogP contribution in [0.5, 0.6) is 0 Å². The van der Waals surface area contributed by atoms with E-state index in [2.05, 4.69) is 34.5 Å². The average Bonchev–Trinajstić information content (AvgIpc) is 2.87. The van der Waals surface area contributed by atoms with Crippen molar-refractivity contribution in [2.45, 2.75) is 57.8 Å². The van der Waals surface area contributed by atoms with E-state index in [4.69, 9.17) is 16.6 Å². The molecular formula is C28H38ClN3OS. The van der Waals surface area contributed by atoms with Crippen molar-refractivity contribution in [1.82, 2.24) is 10.2 Å². The van der Waals surface area contributed by atoms with Crippen LogP contribution in [0.2, 0.25) is 5.02 Å². The second kappa shape index (κ2) is 16.0. The van der Waals surface area contributed by atoms with Crippen molar-refractivity contribution in [2.75, 3.05) is 31.9 Å². The lowest BCUT2D eigenvalue weighted by atomic mass is 10.1. The molecule has 1 aliphatic heterocycles. The summed E-state index contributed by atoms with van der Waals surface area (Å²) in [6.45, 7) is 4.34. The molecule has 1 amide bonds. The van der Waals surface area contributed by atoms with Gasteiger partial charge in [0.1, 0.15) is 0 Å². The molecule has 0 spiro atoms. The van der Waals surface area contributed by atoms with E-state index in [1.54, 1.807) is 11.8 Å². The smallest absolute Gasteiger partial charge is 0.226 e. The number of nitrogens with one attached hydrogen (secondary N) is 1. The number of hydrogen-bond acceptors (Lipinski definition) is 4. The highest BCUT2D eigenvalue weighted by molar-refractivity contribution is 8.13. The van der Waals surface area contributed by atoms with Crippen molar-refractivity contribution < 1.29 is 4.79 Å². The number of halogens is 1. The van der Waals surface area contributed by atoms with Crippen LogP contribution in [0.3, 0.4) is 0 Å². The molecule has 0 saturated carbocycles. The molecule has 1 saturated heterocycles. The number of unbranched alkanes of at least 4 members (excludes halogenated alkanes) is 1. The van der Waals surface area contributed by atoms with Crippen LogP contribution >= 0.6 is 23.4 Å². The fourth-order valence-electron chi connectivity index (χ4n) is 4.12. The highest BCUT2D eigenvalue weighted by Gasteiger charge is 2.11. The first-order chi connectivity index (χ1) is 16.7. The van der Waals surface area contributed by atoms with Gasteiger partial charge in [0, 0.05) is 23.7 Å². The van der Waals surface area contributed by atoms with E-state index in [9.17, 15) is 4.79 Å². The van der Waals surface area contributed by atoms with E-state index in [1.165, 1.54) is 43.5 Å². The van der Waals surface area contributed by atoms with E-state index < -0.39 is 0 Å². The van der Waals surface area contributed by atoms with Crippen LogP contribution in [0.25, 0.3) is 0 Å². The van der Waals surface area contributed by atoms with Gasteiger partial charge in [0.25, 0.3) is 0 Å². The fourth-order valence-corrected chi connectivity index (χ4v) is 5.08. The van der Waals surface area contributed by atoms with Gasteiger partial charge in [-0.25, -0.2) is 0 Å². The highest BCUT2D eigenvalue weighted by Crippen LogP contribution is 2.13. The summed E-state index contributed by atoms with van der Waals surface area (Å²) >= 11 is 7.66. The van der Waals surface area contributed by atoms with Crippen molar-refractivity contribution in [3.8, 4) is 0 Å². The lowest BCUT2D eigenvalue weighted by molar-refractivity contribution is -0.119. The topological polar surface area (TPSA) is 44.7 Å². The second-order valence-corrected chi connectivity index (χ2v) is 10.4. The SMILES string of the molecule is O=C(CCc1ccccc1)NC(=NCCCCc1ccc(Cl)cc1)SCCCN1CCCCC1.